The normalized spacial score (nSPS) is 12.4. The lowest BCUT2D eigenvalue weighted by Crippen LogP contribution is -2.39. The van der Waals surface area contributed by atoms with Crippen LogP contribution >= 0.6 is 34.5 Å². The molecule has 1 N–H and O–H groups in total. The summed E-state index contributed by atoms with van der Waals surface area (Å²) in [5.74, 6) is 0. The molecule has 2 aromatic heterocycles. The summed E-state index contributed by atoms with van der Waals surface area (Å²) in [6.07, 6.45) is 0.478. The van der Waals surface area contributed by atoms with Gasteiger partial charge in [0.25, 0.3) is 5.56 Å². The molecule has 0 saturated carbocycles. The van der Waals surface area contributed by atoms with Gasteiger partial charge in [0.2, 0.25) is 0 Å². The second kappa shape index (κ2) is 9.24. The predicted octanol–water partition coefficient (Wildman–Crippen LogP) is 5.62. The second-order valence-corrected chi connectivity index (χ2v) is 9.51. The molecule has 0 aliphatic rings. The molecule has 2 aromatic carbocycles. The van der Waals surface area contributed by atoms with Crippen LogP contribution in [-0.4, -0.2) is 14.2 Å². The van der Waals surface area contributed by atoms with Gasteiger partial charge >= 0.3 is 5.69 Å². The van der Waals surface area contributed by atoms with Crippen LogP contribution in [0.1, 0.15) is 37.0 Å². The third kappa shape index (κ3) is 4.04. The number of aliphatic hydroxyl groups is 1. The Morgan fingerprint density at radius 1 is 1.06 bits per heavy atom. The van der Waals surface area contributed by atoms with Crippen LogP contribution in [-0.2, 0) is 13.6 Å². The van der Waals surface area contributed by atoms with Crippen molar-refractivity contribution in [3.05, 3.63) is 90.5 Å². The number of hydrogen-bond acceptors (Lipinski definition) is 4. The third-order valence-electron chi connectivity index (χ3n) is 5.49. The molecule has 0 amide bonds. The Balaban J connectivity index is 2.08. The van der Waals surface area contributed by atoms with Crippen LogP contribution in [0.25, 0.3) is 20.7 Å². The molecule has 5 nitrogen and oxygen atoms in total. The Morgan fingerprint density at radius 3 is 2.44 bits per heavy atom. The maximum Gasteiger partial charge on any atom is 0.331 e. The molecule has 0 spiro atoms. The number of fused-ring (bicyclic) bond motifs is 1. The summed E-state index contributed by atoms with van der Waals surface area (Å²) in [6.45, 7) is 2.34. The number of benzene rings is 2. The minimum atomic E-state index is -1.08. The van der Waals surface area contributed by atoms with Gasteiger partial charge in [0.1, 0.15) is 10.9 Å². The first-order chi connectivity index (χ1) is 15.3. The van der Waals surface area contributed by atoms with Crippen LogP contribution in [0.4, 0.5) is 0 Å². The van der Waals surface area contributed by atoms with Gasteiger partial charge in [-0.3, -0.25) is 13.9 Å². The third-order valence-corrected chi connectivity index (χ3v) is 7.31. The molecule has 0 saturated heterocycles. The van der Waals surface area contributed by atoms with Crippen molar-refractivity contribution < 1.29 is 5.11 Å². The van der Waals surface area contributed by atoms with Crippen LogP contribution < -0.4 is 11.2 Å². The fraction of sp³-hybridized carbons (Fsp3) is 0.250. The topological polar surface area (TPSA) is 64.2 Å². The largest absolute Gasteiger partial charge is 0.384 e. The Morgan fingerprint density at radius 2 is 1.78 bits per heavy atom. The first-order valence-corrected chi connectivity index (χ1v) is 11.9. The molecule has 0 aliphatic carbocycles. The van der Waals surface area contributed by atoms with Gasteiger partial charge in [0.05, 0.1) is 5.39 Å². The Hall–Kier alpha value is -2.38. The van der Waals surface area contributed by atoms with Crippen LogP contribution in [0.3, 0.4) is 0 Å². The van der Waals surface area contributed by atoms with Gasteiger partial charge in [-0.25, -0.2) is 4.79 Å². The summed E-state index contributed by atoms with van der Waals surface area (Å²) in [7, 11) is 1.66. The van der Waals surface area contributed by atoms with Crippen molar-refractivity contribution >= 4 is 44.8 Å². The summed E-state index contributed by atoms with van der Waals surface area (Å²) in [4.78, 5) is 27.7. The number of rotatable bonds is 6. The molecule has 1 atom stereocenters. The van der Waals surface area contributed by atoms with Crippen molar-refractivity contribution in [3.63, 3.8) is 0 Å². The number of unbranched alkanes of at least 4 members (excludes halogenated alkanes) is 1. The van der Waals surface area contributed by atoms with Crippen molar-refractivity contribution in [2.24, 2.45) is 7.05 Å². The second-order valence-electron chi connectivity index (χ2n) is 7.64. The molecule has 0 bridgehead atoms. The van der Waals surface area contributed by atoms with Crippen molar-refractivity contribution in [3.8, 4) is 10.4 Å². The van der Waals surface area contributed by atoms with Crippen molar-refractivity contribution in [1.82, 2.24) is 9.13 Å². The number of hydrogen-bond donors (Lipinski definition) is 1. The zero-order valence-corrected chi connectivity index (χ0v) is 20.0. The first kappa shape index (κ1) is 22.8. The number of halogens is 2. The standard InChI is InChI=1S/C24H22Cl2N2O3S/c1-3-4-12-28-22(30)19-18(20(29)14-8-10-16(25)11-9-14)21(15-6-5-7-17(26)13-15)32-23(19)27(2)24(28)31/h5-11,13,20,29H,3-4,12H2,1-2H3. The molecule has 0 radical (unpaired) electrons. The molecule has 8 heteroatoms. The van der Waals surface area contributed by atoms with Gasteiger partial charge in [-0.05, 0) is 41.8 Å². The van der Waals surface area contributed by atoms with E-state index in [2.05, 4.69) is 0 Å². The number of aliphatic hydroxyl groups excluding tert-OH is 1. The molecular weight excluding hydrogens is 467 g/mol. The number of thiophene rings is 1. The average molecular weight is 489 g/mol. The Kier molecular flexibility index (Phi) is 6.58. The molecule has 4 aromatic rings. The minimum absolute atomic E-state index is 0.330. The van der Waals surface area contributed by atoms with E-state index < -0.39 is 6.10 Å². The monoisotopic (exact) mass is 488 g/mol. The van der Waals surface area contributed by atoms with E-state index in [9.17, 15) is 14.7 Å². The van der Waals surface area contributed by atoms with E-state index in [1.807, 2.05) is 19.1 Å². The number of aryl methyl sites for hydroxylation is 1. The van der Waals surface area contributed by atoms with Crippen LogP contribution in [0.15, 0.2) is 58.1 Å². The SMILES string of the molecule is CCCCn1c(=O)c2c(C(O)c3ccc(Cl)cc3)c(-c3cccc(Cl)c3)sc2n(C)c1=O. The summed E-state index contributed by atoms with van der Waals surface area (Å²) in [5, 5.41) is 12.9. The lowest BCUT2D eigenvalue weighted by Gasteiger charge is -2.14. The molecule has 1 unspecified atom stereocenters. The lowest BCUT2D eigenvalue weighted by atomic mass is 9.97. The molecule has 2 heterocycles. The highest BCUT2D eigenvalue weighted by atomic mass is 35.5. The summed E-state index contributed by atoms with van der Waals surface area (Å²) < 4.78 is 2.75. The van der Waals surface area contributed by atoms with Crippen LogP contribution in [0.5, 0.6) is 0 Å². The van der Waals surface area contributed by atoms with E-state index in [-0.39, 0.29) is 11.2 Å². The van der Waals surface area contributed by atoms with E-state index in [0.29, 0.717) is 49.2 Å². The molecule has 166 valence electrons. The van der Waals surface area contributed by atoms with Crippen LogP contribution in [0.2, 0.25) is 10.0 Å². The highest BCUT2D eigenvalue weighted by Gasteiger charge is 2.27. The highest BCUT2D eigenvalue weighted by molar-refractivity contribution is 7.22. The van der Waals surface area contributed by atoms with Crippen LogP contribution in [0, 0.1) is 0 Å². The van der Waals surface area contributed by atoms with E-state index in [1.54, 1.807) is 43.4 Å². The van der Waals surface area contributed by atoms with E-state index in [0.717, 1.165) is 12.0 Å². The molecule has 4 rings (SSSR count). The molecule has 0 aliphatic heterocycles. The zero-order valence-electron chi connectivity index (χ0n) is 17.6. The summed E-state index contributed by atoms with van der Waals surface area (Å²) in [5.41, 5.74) is 1.10. The lowest BCUT2D eigenvalue weighted by molar-refractivity contribution is 0.222. The number of nitrogens with zero attached hydrogens (tertiary/aromatic N) is 2. The quantitative estimate of drug-likeness (QED) is 0.383. The van der Waals surface area contributed by atoms with Gasteiger partial charge in [-0.1, -0.05) is 60.8 Å². The van der Waals surface area contributed by atoms with E-state index >= 15 is 0 Å². The summed E-state index contributed by atoms with van der Waals surface area (Å²) >= 11 is 13.6. The van der Waals surface area contributed by atoms with Crippen molar-refractivity contribution in [1.29, 1.82) is 0 Å². The predicted molar refractivity (Wildman–Crippen MR) is 132 cm³/mol. The van der Waals surface area contributed by atoms with Gasteiger partial charge in [0, 0.05) is 34.1 Å². The van der Waals surface area contributed by atoms with Gasteiger partial charge in [0.15, 0.2) is 0 Å². The Labute approximate surface area is 199 Å². The minimum Gasteiger partial charge on any atom is -0.384 e. The van der Waals surface area contributed by atoms with E-state index in [1.165, 1.54) is 20.5 Å². The van der Waals surface area contributed by atoms with Gasteiger partial charge < -0.3 is 5.11 Å². The fourth-order valence-electron chi connectivity index (χ4n) is 3.79. The molecular formula is C24H22Cl2N2O3S. The average Bonchev–Trinajstić information content (AvgIpc) is 3.19. The maximum atomic E-state index is 13.5. The number of aromatic nitrogens is 2. The van der Waals surface area contributed by atoms with Crippen molar-refractivity contribution in [2.75, 3.05) is 0 Å². The Bertz CT molecular complexity index is 1400. The van der Waals surface area contributed by atoms with Crippen molar-refractivity contribution in [2.45, 2.75) is 32.4 Å². The molecule has 0 fully saturated rings. The highest BCUT2D eigenvalue weighted by Crippen LogP contribution is 2.42. The zero-order chi connectivity index (χ0) is 23.0. The first-order valence-electron chi connectivity index (χ1n) is 10.3. The van der Waals surface area contributed by atoms with E-state index in [4.69, 9.17) is 23.2 Å². The van der Waals surface area contributed by atoms with Gasteiger partial charge in [-0.2, -0.15) is 0 Å². The maximum absolute atomic E-state index is 13.5. The fourth-order valence-corrected chi connectivity index (χ4v) is 5.39. The smallest absolute Gasteiger partial charge is 0.331 e. The molecule has 32 heavy (non-hydrogen) atoms. The summed E-state index contributed by atoms with van der Waals surface area (Å²) in [6, 6.07) is 14.1. The van der Waals surface area contributed by atoms with Gasteiger partial charge in [-0.15, -0.1) is 11.3 Å².